The first-order valence-corrected chi connectivity index (χ1v) is 14.3. The lowest BCUT2D eigenvalue weighted by molar-refractivity contribution is 0.101. The monoisotopic (exact) mass is 586 g/mol. The molecule has 3 aromatic carbocycles. The van der Waals surface area contributed by atoms with Crippen LogP contribution in [0.25, 0.3) is 0 Å². The Morgan fingerprint density at radius 2 is 1.55 bits per heavy atom. The van der Waals surface area contributed by atoms with Crippen LogP contribution in [0.15, 0.2) is 79.1 Å². The SMILES string of the molecule is O=C(Nc1ccc(Cl)c(C(=O)Nc2cnc(Nc3ccc(CCCN4CCCC4)cc3)nc2)c1)c1cccc(CF)c1. The highest BCUT2D eigenvalue weighted by Gasteiger charge is 2.15. The minimum absolute atomic E-state index is 0.162. The van der Waals surface area contributed by atoms with Gasteiger partial charge in [-0.05, 0) is 98.9 Å². The number of carbonyl (C=O) groups is 2. The molecule has 2 amide bonds. The maximum atomic E-state index is 13.0. The average Bonchev–Trinajstić information content (AvgIpc) is 3.53. The van der Waals surface area contributed by atoms with Crippen molar-refractivity contribution in [3.05, 3.63) is 106 Å². The van der Waals surface area contributed by atoms with Gasteiger partial charge in [-0.2, -0.15) is 0 Å². The second-order valence-corrected chi connectivity index (χ2v) is 10.6. The van der Waals surface area contributed by atoms with Gasteiger partial charge < -0.3 is 20.9 Å². The number of alkyl halides is 1. The van der Waals surface area contributed by atoms with Crippen LogP contribution in [-0.4, -0.2) is 46.3 Å². The van der Waals surface area contributed by atoms with Crippen molar-refractivity contribution in [3.63, 3.8) is 0 Å². The van der Waals surface area contributed by atoms with E-state index in [1.54, 1.807) is 24.3 Å². The third-order valence-corrected chi connectivity index (χ3v) is 7.40. The number of benzene rings is 3. The molecule has 10 heteroatoms. The fourth-order valence-electron chi connectivity index (χ4n) is 4.83. The molecule has 5 rings (SSSR count). The molecule has 0 saturated carbocycles. The molecule has 2 heterocycles. The van der Waals surface area contributed by atoms with Gasteiger partial charge >= 0.3 is 0 Å². The largest absolute Gasteiger partial charge is 0.324 e. The Morgan fingerprint density at radius 3 is 2.29 bits per heavy atom. The molecule has 0 atom stereocenters. The zero-order valence-corrected chi connectivity index (χ0v) is 23.8. The molecule has 0 aliphatic carbocycles. The first-order chi connectivity index (χ1) is 20.5. The van der Waals surface area contributed by atoms with Crippen molar-refractivity contribution in [1.82, 2.24) is 14.9 Å². The van der Waals surface area contributed by atoms with Crippen LogP contribution in [0.5, 0.6) is 0 Å². The van der Waals surface area contributed by atoms with Gasteiger partial charge in [0.25, 0.3) is 11.8 Å². The first kappa shape index (κ1) is 29.2. The highest BCUT2D eigenvalue weighted by Crippen LogP contribution is 2.23. The van der Waals surface area contributed by atoms with Gasteiger partial charge in [-0.25, -0.2) is 14.4 Å². The van der Waals surface area contributed by atoms with Crippen molar-refractivity contribution in [2.75, 3.05) is 35.6 Å². The quantitative estimate of drug-likeness (QED) is 0.177. The number of halogens is 2. The van der Waals surface area contributed by atoms with Crippen molar-refractivity contribution >= 4 is 46.4 Å². The molecule has 1 aliphatic rings. The number of hydrogen-bond acceptors (Lipinski definition) is 6. The third kappa shape index (κ3) is 7.90. The number of nitrogens with one attached hydrogen (secondary N) is 3. The smallest absolute Gasteiger partial charge is 0.257 e. The van der Waals surface area contributed by atoms with E-state index in [1.807, 2.05) is 12.1 Å². The molecule has 1 aliphatic heterocycles. The van der Waals surface area contributed by atoms with E-state index in [2.05, 4.69) is 43.0 Å². The number of rotatable bonds is 11. The summed E-state index contributed by atoms with van der Waals surface area (Å²) in [6.07, 6.45) is 7.84. The topological polar surface area (TPSA) is 99.2 Å². The van der Waals surface area contributed by atoms with E-state index in [9.17, 15) is 14.0 Å². The van der Waals surface area contributed by atoms with Crippen LogP contribution in [-0.2, 0) is 13.1 Å². The van der Waals surface area contributed by atoms with Gasteiger partial charge in [-0.1, -0.05) is 35.9 Å². The summed E-state index contributed by atoms with van der Waals surface area (Å²) in [5.74, 6) is -0.517. The molecule has 0 bridgehead atoms. The van der Waals surface area contributed by atoms with Crippen LogP contribution >= 0.6 is 11.6 Å². The first-order valence-electron chi connectivity index (χ1n) is 13.9. The minimum atomic E-state index is -0.667. The minimum Gasteiger partial charge on any atom is -0.324 e. The molecule has 1 fully saturated rings. The number of hydrogen-bond donors (Lipinski definition) is 3. The van der Waals surface area contributed by atoms with Crippen molar-refractivity contribution < 1.29 is 14.0 Å². The summed E-state index contributed by atoms with van der Waals surface area (Å²) in [5.41, 5.74) is 3.79. The Kier molecular flexibility index (Phi) is 9.74. The molecule has 8 nitrogen and oxygen atoms in total. The van der Waals surface area contributed by atoms with E-state index in [-0.39, 0.29) is 10.6 Å². The zero-order chi connectivity index (χ0) is 29.3. The van der Waals surface area contributed by atoms with Crippen molar-refractivity contribution in [2.24, 2.45) is 0 Å². The fraction of sp³-hybridized carbons (Fsp3) is 0.250. The number of likely N-dealkylation sites (tertiary alicyclic amines) is 1. The predicted octanol–water partition coefficient (Wildman–Crippen LogP) is 6.88. The van der Waals surface area contributed by atoms with Crippen LogP contribution in [0.3, 0.4) is 0 Å². The zero-order valence-electron chi connectivity index (χ0n) is 23.1. The van der Waals surface area contributed by atoms with Crippen LogP contribution in [0.4, 0.5) is 27.4 Å². The number of anilines is 4. The molecule has 4 aromatic rings. The Balaban J connectivity index is 1.14. The van der Waals surface area contributed by atoms with Gasteiger partial charge in [-0.15, -0.1) is 0 Å². The number of aryl methyl sites for hydroxylation is 1. The van der Waals surface area contributed by atoms with Gasteiger partial charge in [0, 0.05) is 16.9 Å². The summed E-state index contributed by atoms with van der Waals surface area (Å²) in [4.78, 5) is 36.7. The lowest BCUT2D eigenvalue weighted by Gasteiger charge is -2.14. The van der Waals surface area contributed by atoms with E-state index in [4.69, 9.17) is 11.6 Å². The lowest BCUT2D eigenvalue weighted by atomic mass is 10.1. The molecular formula is C32H32ClFN6O2. The molecule has 1 aromatic heterocycles. The molecule has 216 valence electrons. The van der Waals surface area contributed by atoms with Crippen LogP contribution in [0.1, 0.15) is 51.1 Å². The molecule has 0 spiro atoms. The lowest BCUT2D eigenvalue weighted by Crippen LogP contribution is -2.20. The summed E-state index contributed by atoms with van der Waals surface area (Å²) in [7, 11) is 0. The highest BCUT2D eigenvalue weighted by atomic mass is 35.5. The summed E-state index contributed by atoms with van der Waals surface area (Å²) in [5, 5.41) is 8.83. The second kappa shape index (κ2) is 14.0. The Bertz CT molecular complexity index is 1530. The Hall–Kier alpha value is -4.34. The number of amides is 2. The third-order valence-electron chi connectivity index (χ3n) is 7.07. The van der Waals surface area contributed by atoms with E-state index in [0.717, 1.165) is 25.1 Å². The van der Waals surface area contributed by atoms with Gasteiger partial charge in [0.2, 0.25) is 5.95 Å². The summed E-state index contributed by atoms with van der Waals surface area (Å²) >= 11 is 6.28. The van der Waals surface area contributed by atoms with E-state index >= 15 is 0 Å². The molecule has 0 unspecified atom stereocenters. The van der Waals surface area contributed by atoms with Crippen LogP contribution < -0.4 is 16.0 Å². The van der Waals surface area contributed by atoms with Crippen LogP contribution in [0, 0.1) is 0 Å². The normalized spacial score (nSPS) is 13.1. The summed E-state index contributed by atoms with van der Waals surface area (Å²) in [6, 6.07) is 19.1. The summed E-state index contributed by atoms with van der Waals surface area (Å²) in [6.45, 7) is 2.94. The Morgan fingerprint density at radius 1 is 0.833 bits per heavy atom. The van der Waals surface area contributed by atoms with Gasteiger partial charge in [0.15, 0.2) is 0 Å². The number of carbonyl (C=O) groups excluding carboxylic acids is 2. The average molecular weight is 587 g/mol. The fourth-order valence-corrected chi connectivity index (χ4v) is 5.03. The van der Waals surface area contributed by atoms with E-state index in [1.165, 1.54) is 62.1 Å². The van der Waals surface area contributed by atoms with Gasteiger partial charge in [0.1, 0.15) is 6.67 Å². The molecule has 1 saturated heterocycles. The summed E-state index contributed by atoms with van der Waals surface area (Å²) < 4.78 is 13.0. The number of nitrogens with zero attached hydrogens (tertiary/aromatic N) is 3. The maximum absolute atomic E-state index is 13.0. The molecule has 42 heavy (non-hydrogen) atoms. The van der Waals surface area contributed by atoms with Crippen molar-refractivity contribution in [2.45, 2.75) is 32.4 Å². The highest BCUT2D eigenvalue weighted by molar-refractivity contribution is 6.34. The van der Waals surface area contributed by atoms with Crippen LogP contribution in [0.2, 0.25) is 5.02 Å². The molecule has 0 radical (unpaired) electrons. The van der Waals surface area contributed by atoms with E-state index in [0.29, 0.717) is 28.5 Å². The number of aromatic nitrogens is 2. The van der Waals surface area contributed by atoms with Gasteiger partial charge in [-0.3, -0.25) is 9.59 Å². The molecular weight excluding hydrogens is 555 g/mol. The standard InChI is InChI=1S/C32H32ClFN6O2/c33-29-13-12-26(37-30(41)24-7-3-5-23(17-24)19-34)18-28(29)31(42)38-27-20-35-32(36-21-27)39-25-10-8-22(9-11-25)6-4-16-40-14-1-2-15-40/h3,5,7-13,17-18,20-21H,1-2,4,6,14-16,19H2,(H,37,41)(H,38,42)(H,35,36,39). The van der Waals surface area contributed by atoms with E-state index < -0.39 is 18.5 Å². The molecule has 3 N–H and O–H groups in total. The predicted molar refractivity (Wildman–Crippen MR) is 164 cm³/mol. The van der Waals surface area contributed by atoms with Crippen molar-refractivity contribution in [1.29, 1.82) is 0 Å². The maximum Gasteiger partial charge on any atom is 0.257 e. The Labute approximate surface area is 249 Å². The van der Waals surface area contributed by atoms with Crippen molar-refractivity contribution in [3.8, 4) is 0 Å². The van der Waals surface area contributed by atoms with Gasteiger partial charge in [0.05, 0.1) is 28.7 Å². The second-order valence-electron chi connectivity index (χ2n) is 10.2.